The number of nitrogens with zero attached hydrogens (tertiary/aromatic N) is 1. The number of aliphatic carboxylic acids is 1. The molecule has 2 atom stereocenters. The van der Waals surface area contributed by atoms with E-state index in [0.717, 1.165) is 0 Å². The van der Waals surface area contributed by atoms with Gasteiger partial charge in [0.2, 0.25) is 10.0 Å². The number of benzene rings is 1. The van der Waals surface area contributed by atoms with Gasteiger partial charge in [-0.2, -0.15) is 0 Å². The lowest BCUT2D eigenvalue weighted by atomic mass is 10.0. The normalized spacial score (nSPS) is 17.1. The number of carbonyl (C=O) groups is 6. The highest BCUT2D eigenvalue weighted by Gasteiger charge is 2.55. The third-order valence-electron chi connectivity index (χ3n) is 3.79. The van der Waals surface area contributed by atoms with Crippen LogP contribution < -0.4 is 10.1 Å². The van der Waals surface area contributed by atoms with Gasteiger partial charge in [-0.05, 0) is 12.1 Å². The number of hydrogen-bond donors (Lipinski definition) is 2. The molecular formula is C18H15Cl3N2O11. The Morgan fingerprint density at radius 3 is 2.26 bits per heavy atom. The Morgan fingerprint density at radius 1 is 1.03 bits per heavy atom. The number of rotatable bonds is 8. The van der Waals surface area contributed by atoms with Crippen LogP contribution in [0.5, 0.6) is 5.75 Å². The van der Waals surface area contributed by atoms with Gasteiger partial charge in [-0.25, -0.2) is 19.3 Å². The molecule has 2 rings (SSSR count). The van der Waals surface area contributed by atoms with Gasteiger partial charge in [0, 0.05) is 0 Å². The summed E-state index contributed by atoms with van der Waals surface area (Å²) in [6, 6.07) is 6.56. The van der Waals surface area contributed by atoms with E-state index in [1.807, 2.05) is 0 Å². The monoisotopic (exact) mass is 540 g/mol. The lowest BCUT2D eigenvalue weighted by Gasteiger charge is -2.43. The molecule has 0 unspecified atom stereocenters. The molecule has 1 fully saturated rings. The van der Waals surface area contributed by atoms with Crippen LogP contribution in [0.25, 0.3) is 0 Å². The minimum absolute atomic E-state index is 0.102. The molecule has 184 valence electrons. The predicted octanol–water partition coefficient (Wildman–Crippen LogP) is 0.396. The number of β-lactam (4-membered cyclic amide) rings is 1. The van der Waals surface area contributed by atoms with E-state index in [9.17, 15) is 28.8 Å². The lowest BCUT2D eigenvalue weighted by molar-refractivity contribution is -0.199. The summed E-state index contributed by atoms with van der Waals surface area (Å²) in [5.41, 5.74) is 0. The van der Waals surface area contributed by atoms with Crippen molar-refractivity contribution in [3.63, 3.8) is 0 Å². The Bertz CT molecular complexity index is 968. The molecule has 13 nitrogen and oxygen atoms in total. The lowest BCUT2D eigenvalue weighted by Crippen LogP contribution is -2.74. The summed E-state index contributed by atoms with van der Waals surface area (Å²) in [7, 11) is 0. The van der Waals surface area contributed by atoms with Crippen molar-refractivity contribution >= 4 is 70.6 Å². The summed E-state index contributed by atoms with van der Waals surface area (Å²) in [6.45, 7) is -2.31. The summed E-state index contributed by atoms with van der Waals surface area (Å²) in [6.07, 6.45) is -3.24. The molecule has 34 heavy (non-hydrogen) atoms. The number of carbonyl (C=O) groups excluding carboxylic acids is 5. The Labute approximate surface area is 205 Å². The number of imide groups is 1. The molecule has 1 heterocycles. The number of alkyl halides is 3. The van der Waals surface area contributed by atoms with Crippen LogP contribution in [0.1, 0.15) is 0 Å². The topological polar surface area (TPSA) is 175 Å². The molecule has 0 saturated carbocycles. The summed E-state index contributed by atoms with van der Waals surface area (Å²) >= 11 is 16.1. The van der Waals surface area contributed by atoms with E-state index >= 15 is 0 Å². The van der Waals surface area contributed by atoms with Gasteiger partial charge < -0.3 is 29.4 Å². The second-order valence-corrected chi connectivity index (χ2v) is 8.80. The first kappa shape index (κ1) is 27.0. The largest absolute Gasteiger partial charge is 0.508 e. The van der Waals surface area contributed by atoms with Gasteiger partial charge in [0.15, 0.2) is 19.3 Å². The number of esters is 1. The Hall–Kier alpha value is -3.29. The van der Waals surface area contributed by atoms with Gasteiger partial charge in [0.25, 0.3) is 11.8 Å². The highest BCUT2D eigenvalue weighted by molar-refractivity contribution is 6.67. The van der Waals surface area contributed by atoms with Crippen molar-refractivity contribution in [3.8, 4) is 5.75 Å². The zero-order chi connectivity index (χ0) is 25.5. The third-order valence-corrected chi connectivity index (χ3v) is 4.12. The summed E-state index contributed by atoms with van der Waals surface area (Å²) in [5, 5.41) is 11.0. The van der Waals surface area contributed by atoms with Crippen LogP contribution in [-0.2, 0) is 38.2 Å². The number of para-hydroxylation sites is 1. The van der Waals surface area contributed by atoms with E-state index in [0.29, 0.717) is 5.75 Å². The van der Waals surface area contributed by atoms with Crippen LogP contribution >= 0.6 is 34.8 Å². The molecule has 1 aliphatic rings. The number of halogens is 3. The van der Waals surface area contributed by atoms with Crippen molar-refractivity contribution in [1.82, 2.24) is 10.2 Å². The van der Waals surface area contributed by atoms with Crippen LogP contribution in [0.2, 0.25) is 0 Å². The van der Waals surface area contributed by atoms with Crippen molar-refractivity contribution in [1.29, 1.82) is 0 Å². The summed E-state index contributed by atoms with van der Waals surface area (Å²) < 4.78 is 16.9. The Balaban J connectivity index is 1.95. The average molecular weight is 542 g/mol. The molecule has 2 N–H and O–H groups in total. The molecule has 0 bridgehead atoms. The average Bonchev–Trinajstić information content (AvgIpc) is 2.78. The molecule has 0 aromatic heterocycles. The van der Waals surface area contributed by atoms with Crippen LogP contribution in [-0.4, -0.2) is 81.7 Å². The van der Waals surface area contributed by atoms with Crippen LogP contribution in [0.4, 0.5) is 4.79 Å². The molecule has 0 spiro atoms. The number of hydrogen-bond acceptors (Lipinski definition) is 10. The van der Waals surface area contributed by atoms with Gasteiger partial charge in [0.05, 0.1) is 0 Å². The highest BCUT2D eigenvalue weighted by atomic mass is 35.6. The van der Waals surface area contributed by atoms with Crippen LogP contribution in [0.3, 0.4) is 0 Å². The predicted molar refractivity (Wildman–Crippen MR) is 111 cm³/mol. The standard InChI is InChI=1S/C18H15Cl3N2O11/c19-18(20,21)8-33-17(30)32-7-11(25)34-15-12(13(26)23(15)14(27)16(28)29)22-10(24)6-31-9-4-2-1-3-5-9/h1-5,12,15H,6-8H2,(H,22,24)(H,28,29)/t12-,15-/m1/s1. The highest BCUT2D eigenvalue weighted by Crippen LogP contribution is 2.26. The quantitative estimate of drug-likeness (QED) is 0.202. The number of amides is 3. The first-order valence-electron chi connectivity index (χ1n) is 9.02. The SMILES string of the molecule is O=C(COc1ccccc1)N[C@@H]1C(=O)N(C(=O)C(=O)O)[C@@H]1OC(=O)COC(=O)OCC(Cl)(Cl)Cl. The molecule has 0 aliphatic carbocycles. The van der Waals surface area contributed by atoms with E-state index in [2.05, 4.69) is 14.8 Å². The van der Waals surface area contributed by atoms with Gasteiger partial charge in [-0.1, -0.05) is 53.0 Å². The zero-order valence-corrected chi connectivity index (χ0v) is 19.0. The fourth-order valence-corrected chi connectivity index (χ4v) is 2.55. The number of ether oxygens (including phenoxy) is 4. The van der Waals surface area contributed by atoms with E-state index in [1.165, 1.54) is 0 Å². The zero-order valence-electron chi connectivity index (χ0n) is 16.8. The van der Waals surface area contributed by atoms with Crippen LogP contribution in [0.15, 0.2) is 30.3 Å². The van der Waals surface area contributed by atoms with Gasteiger partial charge in [0.1, 0.15) is 12.4 Å². The first-order valence-corrected chi connectivity index (χ1v) is 10.2. The fourth-order valence-electron chi connectivity index (χ4n) is 2.39. The van der Waals surface area contributed by atoms with E-state index in [1.54, 1.807) is 30.3 Å². The van der Waals surface area contributed by atoms with Crippen LogP contribution in [0, 0.1) is 0 Å². The minimum atomic E-state index is -2.02. The van der Waals surface area contributed by atoms with E-state index in [-0.39, 0.29) is 4.90 Å². The second-order valence-electron chi connectivity index (χ2n) is 6.29. The maximum atomic E-state index is 12.2. The molecule has 0 radical (unpaired) electrons. The van der Waals surface area contributed by atoms with Gasteiger partial charge >= 0.3 is 24.0 Å². The maximum Gasteiger partial charge on any atom is 0.508 e. The summed E-state index contributed by atoms with van der Waals surface area (Å²) in [5.74, 6) is -6.68. The van der Waals surface area contributed by atoms with E-state index in [4.69, 9.17) is 49.4 Å². The number of likely N-dealkylation sites (tertiary alicyclic amines) is 1. The minimum Gasteiger partial charge on any atom is -0.484 e. The van der Waals surface area contributed by atoms with Crippen molar-refractivity contribution in [2.45, 2.75) is 16.1 Å². The first-order chi connectivity index (χ1) is 15.9. The molecule has 1 aromatic carbocycles. The molecule has 1 aromatic rings. The van der Waals surface area contributed by atoms with Crippen molar-refractivity contribution < 1.29 is 52.8 Å². The smallest absolute Gasteiger partial charge is 0.484 e. The fraction of sp³-hybridized carbons (Fsp3) is 0.333. The molecular weight excluding hydrogens is 527 g/mol. The number of nitrogens with one attached hydrogen (secondary N) is 1. The molecule has 3 amide bonds. The van der Waals surface area contributed by atoms with Gasteiger partial charge in [-0.15, -0.1) is 0 Å². The number of carboxylic acid groups (broad SMARTS) is 1. The molecule has 1 aliphatic heterocycles. The number of carboxylic acids is 1. The van der Waals surface area contributed by atoms with E-state index < -0.39 is 71.7 Å². The van der Waals surface area contributed by atoms with Crippen molar-refractivity contribution in [3.05, 3.63) is 30.3 Å². The summed E-state index contributed by atoms with van der Waals surface area (Å²) in [4.78, 5) is 70.5. The van der Waals surface area contributed by atoms with Crippen molar-refractivity contribution in [2.24, 2.45) is 0 Å². The van der Waals surface area contributed by atoms with Crippen molar-refractivity contribution in [2.75, 3.05) is 19.8 Å². The molecule has 16 heteroatoms. The third kappa shape index (κ3) is 7.93. The second kappa shape index (κ2) is 11.7. The van der Waals surface area contributed by atoms with Gasteiger partial charge in [-0.3, -0.25) is 14.4 Å². The molecule has 1 saturated heterocycles. The maximum absolute atomic E-state index is 12.2. The Morgan fingerprint density at radius 2 is 1.68 bits per heavy atom. The Kier molecular flexibility index (Phi) is 9.29.